The number of halogens is 1. The monoisotopic (exact) mass is 353 g/mol. The van der Waals surface area contributed by atoms with E-state index in [1.807, 2.05) is 11.4 Å². The Labute approximate surface area is 138 Å². The van der Waals surface area contributed by atoms with Gasteiger partial charge in [0.25, 0.3) is 5.91 Å². The van der Waals surface area contributed by atoms with Crippen LogP contribution in [0, 0.1) is 11.7 Å². The van der Waals surface area contributed by atoms with Crippen LogP contribution in [0.5, 0.6) is 0 Å². The molecule has 1 aromatic carbocycles. The van der Waals surface area contributed by atoms with Crippen molar-refractivity contribution < 1.29 is 17.6 Å². The maximum atomic E-state index is 13.0. The minimum Gasteiger partial charge on any atom is -0.351 e. The summed E-state index contributed by atoms with van der Waals surface area (Å²) in [6.07, 6.45) is 0.595. The van der Waals surface area contributed by atoms with E-state index >= 15 is 0 Å². The topological polar surface area (TPSA) is 63.2 Å². The molecule has 2 aromatic rings. The fourth-order valence-corrected chi connectivity index (χ4v) is 5.39. The summed E-state index contributed by atoms with van der Waals surface area (Å²) in [4.78, 5) is 12.9. The maximum absolute atomic E-state index is 13.0. The van der Waals surface area contributed by atoms with Gasteiger partial charge in [0, 0.05) is 12.1 Å². The van der Waals surface area contributed by atoms with Gasteiger partial charge in [-0.25, -0.2) is 12.8 Å². The van der Waals surface area contributed by atoms with Crippen molar-refractivity contribution in [3.8, 4) is 11.1 Å². The highest BCUT2D eigenvalue weighted by Gasteiger charge is 2.28. The van der Waals surface area contributed by atoms with Crippen molar-refractivity contribution in [2.45, 2.75) is 6.42 Å². The molecule has 1 aliphatic rings. The first-order chi connectivity index (χ1) is 10.9. The number of benzene rings is 1. The maximum Gasteiger partial charge on any atom is 0.261 e. The van der Waals surface area contributed by atoms with Crippen molar-refractivity contribution in [1.29, 1.82) is 0 Å². The first-order valence-corrected chi connectivity index (χ1v) is 9.97. The van der Waals surface area contributed by atoms with Gasteiger partial charge in [-0.3, -0.25) is 4.79 Å². The summed E-state index contributed by atoms with van der Waals surface area (Å²) in [7, 11) is -2.94. The lowest BCUT2D eigenvalue weighted by atomic mass is 10.1. The minimum atomic E-state index is -2.94. The molecular weight excluding hydrogens is 337 g/mol. The largest absolute Gasteiger partial charge is 0.351 e. The molecule has 1 amide bonds. The van der Waals surface area contributed by atoms with Crippen LogP contribution in [0.25, 0.3) is 11.1 Å². The third-order valence-electron chi connectivity index (χ3n) is 3.90. The van der Waals surface area contributed by atoms with E-state index in [2.05, 4.69) is 5.32 Å². The molecule has 1 aliphatic heterocycles. The molecule has 0 saturated carbocycles. The number of hydrogen-bond acceptors (Lipinski definition) is 4. The molecule has 1 atom stereocenters. The molecule has 1 fully saturated rings. The summed E-state index contributed by atoms with van der Waals surface area (Å²) in [5.74, 6) is -0.213. The molecule has 2 heterocycles. The van der Waals surface area contributed by atoms with Gasteiger partial charge in [-0.05, 0) is 41.5 Å². The van der Waals surface area contributed by atoms with Gasteiger partial charge < -0.3 is 5.32 Å². The molecule has 1 saturated heterocycles. The van der Waals surface area contributed by atoms with Crippen LogP contribution in [0.4, 0.5) is 4.39 Å². The van der Waals surface area contributed by atoms with Crippen LogP contribution in [0.1, 0.15) is 16.1 Å². The number of hydrogen-bond donors (Lipinski definition) is 1. The van der Waals surface area contributed by atoms with E-state index in [0.717, 1.165) is 11.1 Å². The van der Waals surface area contributed by atoms with E-state index in [9.17, 15) is 17.6 Å². The van der Waals surface area contributed by atoms with Gasteiger partial charge in [-0.2, -0.15) is 0 Å². The highest BCUT2D eigenvalue weighted by atomic mass is 32.2. The zero-order chi connectivity index (χ0) is 16.4. The Morgan fingerprint density at radius 1 is 1.26 bits per heavy atom. The van der Waals surface area contributed by atoms with Crippen LogP contribution in [-0.4, -0.2) is 32.4 Å². The van der Waals surface area contributed by atoms with Crippen molar-refractivity contribution in [3.05, 3.63) is 46.4 Å². The molecule has 0 unspecified atom stereocenters. The van der Waals surface area contributed by atoms with Crippen LogP contribution < -0.4 is 5.32 Å². The number of carbonyl (C=O) groups excluding carboxylic acids is 1. The summed E-state index contributed by atoms with van der Waals surface area (Å²) in [5.41, 5.74) is 1.53. The molecule has 0 bridgehead atoms. The summed E-state index contributed by atoms with van der Waals surface area (Å²) in [5, 5.41) is 4.63. The fraction of sp³-hybridized carbons (Fsp3) is 0.312. The third kappa shape index (κ3) is 3.79. The van der Waals surface area contributed by atoms with Gasteiger partial charge in [0.2, 0.25) is 0 Å². The molecule has 0 radical (unpaired) electrons. The second-order valence-electron chi connectivity index (χ2n) is 5.65. The second-order valence-corrected chi connectivity index (χ2v) is 8.79. The quantitative estimate of drug-likeness (QED) is 0.919. The van der Waals surface area contributed by atoms with E-state index in [1.54, 1.807) is 12.1 Å². The van der Waals surface area contributed by atoms with E-state index < -0.39 is 9.84 Å². The van der Waals surface area contributed by atoms with Crippen LogP contribution in [0.15, 0.2) is 35.7 Å². The van der Waals surface area contributed by atoms with Crippen LogP contribution in [0.2, 0.25) is 0 Å². The van der Waals surface area contributed by atoms with Crippen LogP contribution >= 0.6 is 11.3 Å². The molecule has 0 aliphatic carbocycles. The molecule has 1 N–H and O–H groups in total. The summed E-state index contributed by atoms with van der Waals surface area (Å²) < 4.78 is 35.9. The molecule has 7 heteroatoms. The zero-order valence-corrected chi connectivity index (χ0v) is 13.9. The van der Waals surface area contributed by atoms with Crippen molar-refractivity contribution in [2.75, 3.05) is 18.1 Å². The van der Waals surface area contributed by atoms with Crippen molar-refractivity contribution in [1.82, 2.24) is 5.32 Å². The second kappa shape index (κ2) is 6.41. The van der Waals surface area contributed by atoms with Gasteiger partial charge >= 0.3 is 0 Å². The highest BCUT2D eigenvalue weighted by molar-refractivity contribution is 7.91. The molecule has 4 nitrogen and oxygen atoms in total. The molecule has 122 valence electrons. The van der Waals surface area contributed by atoms with Gasteiger partial charge in [0.15, 0.2) is 9.84 Å². The van der Waals surface area contributed by atoms with Crippen LogP contribution in [-0.2, 0) is 9.84 Å². The lowest BCUT2D eigenvalue weighted by molar-refractivity contribution is 0.0953. The van der Waals surface area contributed by atoms with Gasteiger partial charge in [-0.1, -0.05) is 12.1 Å². The Kier molecular flexibility index (Phi) is 4.50. The first kappa shape index (κ1) is 16.1. The van der Waals surface area contributed by atoms with Crippen LogP contribution in [0.3, 0.4) is 0 Å². The van der Waals surface area contributed by atoms with Gasteiger partial charge in [-0.15, -0.1) is 11.3 Å². The third-order valence-corrected chi connectivity index (χ3v) is 6.65. The van der Waals surface area contributed by atoms with Crippen molar-refractivity contribution in [2.24, 2.45) is 5.92 Å². The number of amides is 1. The van der Waals surface area contributed by atoms with E-state index in [0.29, 0.717) is 17.8 Å². The Hall–Kier alpha value is -1.73. The van der Waals surface area contributed by atoms with E-state index in [1.165, 1.54) is 23.5 Å². The zero-order valence-electron chi connectivity index (χ0n) is 12.3. The van der Waals surface area contributed by atoms with Gasteiger partial charge in [0.05, 0.1) is 16.4 Å². The predicted octanol–water partition coefficient (Wildman–Crippen LogP) is 2.72. The summed E-state index contributed by atoms with van der Waals surface area (Å²) in [6, 6.07) is 7.82. The SMILES string of the molecule is O=C(NC[C@@H]1CCS(=O)(=O)C1)c1sccc1-c1ccc(F)cc1. The highest BCUT2D eigenvalue weighted by Crippen LogP contribution is 2.28. The van der Waals surface area contributed by atoms with Gasteiger partial charge in [0.1, 0.15) is 5.82 Å². The average Bonchev–Trinajstić information content (AvgIpc) is 3.12. The van der Waals surface area contributed by atoms with E-state index in [4.69, 9.17) is 0 Å². The Bertz CT molecular complexity index is 812. The summed E-state index contributed by atoms with van der Waals surface area (Å²) in [6.45, 7) is 0.360. The fourth-order valence-electron chi connectivity index (χ4n) is 2.69. The average molecular weight is 353 g/mol. The number of rotatable bonds is 4. The molecule has 0 spiro atoms. The normalized spacial score (nSPS) is 19.6. The number of carbonyl (C=O) groups is 1. The summed E-state index contributed by atoms with van der Waals surface area (Å²) >= 11 is 1.31. The number of sulfone groups is 1. The number of thiophene rings is 1. The van der Waals surface area contributed by atoms with Crippen molar-refractivity contribution >= 4 is 27.1 Å². The molecular formula is C16H16FNO3S2. The first-order valence-electron chi connectivity index (χ1n) is 7.27. The smallest absolute Gasteiger partial charge is 0.261 e. The molecule has 3 rings (SSSR count). The molecule has 1 aromatic heterocycles. The molecule has 23 heavy (non-hydrogen) atoms. The lowest BCUT2D eigenvalue weighted by Gasteiger charge is -2.10. The Morgan fingerprint density at radius 3 is 2.65 bits per heavy atom. The minimum absolute atomic E-state index is 0.0156. The lowest BCUT2D eigenvalue weighted by Crippen LogP contribution is -2.29. The Morgan fingerprint density at radius 2 is 2.00 bits per heavy atom. The van der Waals surface area contributed by atoms with E-state index in [-0.39, 0.29) is 29.1 Å². The predicted molar refractivity (Wildman–Crippen MR) is 88.8 cm³/mol. The van der Waals surface area contributed by atoms with Crippen molar-refractivity contribution in [3.63, 3.8) is 0 Å². The Balaban J connectivity index is 1.69. The standard InChI is InChI=1S/C16H16FNO3S2/c17-13-3-1-12(2-4-13)14-5-7-22-15(14)16(19)18-9-11-6-8-23(20,21)10-11/h1-5,7,11H,6,8-10H2,(H,18,19)/t11-/m0/s1. The number of nitrogens with one attached hydrogen (secondary N) is 1.